The minimum absolute atomic E-state index is 0.254. The molecule has 0 atom stereocenters. The van der Waals surface area contributed by atoms with Crippen molar-refractivity contribution in [1.29, 1.82) is 0 Å². The van der Waals surface area contributed by atoms with Crippen LogP contribution in [0.1, 0.15) is 18.5 Å². The van der Waals surface area contributed by atoms with Gasteiger partial charge in [-0.2, -0.15) is 0 Å². The van der Waals surface area contributed by atoms with Gasteiger partial charge >= 0.3 is 0 Å². The fourth-order valence-corrected chi connectivity index (χ4v) is 1.90. The standard InChI is InChI=1S/C9H11BrN2O/c10-6-1-2-8(12-5-6)9(11)3-7(13)4-9/h1-2,5,7,13H,3-4,11H2. The SMILES string of the molecule is NC1(c2ccc(Br)cn2)CC(O)C1. The van der Waals surface area contributed by atoms with Crippen molar-refractivity contribution in [2.75, 3.05) is 0 Å². The molecule has 1 fully saturated rings. The van der Waals surface area contributed by atoms with Gasteiger partial charge in [-0.3, -0.25) is 4.98 Å². The third kappa shape index (κ3) is 1.61. The number of pyridine rings is 1. The van der Waals surface area contributed by atoms with Crippen LogP contribution >= 0.6 is 15.9 Å². The van der Waals surface area contributed by atoms with Gasteiger partial charge < -0.3 is 10.8 Å². The summed E-state index contributed by atoms with van der Waals surface area (Å²) in [6, 6.07) is 3.82. The first kappa shape index (κ1) is 9.12. The van der Waals surface area contributed by atoms with Gasteiger partial charge in [0, 0.05) is 10.7 Å². The number of nitrogens with two attached hydrogens (primary N) is 1. The third-order valence-electron chi connectivity index (χ3n) is 2.44. The van der Waals surface area contributed by atoms with E-state index in [0.29, 0.717) is 12.8 Å². The Bertz CT molecular complexity index is 306. The highest BCUT2D eigenvalue weighted by molar-refractivity contribution is 9.10. The smallest absolute Gasteiger partial charge is 0.0633 e. The molecule has 1 aromatic heterocycles. The second-order valence-electron chi connectivity index (χ2n) is 3.58. The monoisotopic (exact) mass is 242 g/mol. The Hall–Kier alpha value is -0.450. The van der Waals surface area contributed by atoms with E-state index in [0.717, 1.165) is 10.2 Å². The molecule has 0 aliphatic heterocycles. The molecule has 1 saturated carbocycles. The molecule has 1 aliphatic carbocycles. The largest absolute Gasteiger partial charge is 0.393 e. The van der Waals surface area contributed by atoms with Crippen molar-refractivity contribution >= 4 is 15.9 Å². The highest BCUT2D eigenvalue weighted by Crippen LogP contribution is 2.37. The summed E-state index contributed by atoms with van der Waals surface area (Å²) in [5.41, 5.74) is 6.49. The van der Waals surface area contributed by atoms with E-state index in [9.17, 15) is 5.11 Å². The van der Waals surface area contributed by atoms with Gasteiger partial charge in [-0.05, 0) is 40.9 Å². The zero-order valence-corrected chi connectivity index (χ0v) is 8.66. The predicted octanol–water partition coefficient (Wildman–Crippen LogP) is 1.15. The lowest BCUT2D eigenvalue weighted by Gasteiger charge is -2.41. The van der Waals surface area contributed by atoms with Crippen molar-refractivity contribution in [3.63, 3.8) is 0 Å². The fraction of sp³-hybridized carbons (Fsp3) is 0.444. The molecule has 0 unspecified atom stereocenters. The Morgan fingerprint density at radius 1 is 1.54 bits per heavy atom. The van der Waals surface area contributed by atoms with Gasteiger partial charge in [0.05, 0.1) is 17.3 Å². The van der Waals surface area contributed by atoms with Crippen molar-refractivity contribution in [1.82, 2.24) is 4.98 Å². The summed E-state index contributed by atoms with van der Waals surface area (Å²) in [5.74, 6) is 0. The highest BCUT2D eigenvalue weighted by atomic mass is 79.9. The predicted molar refractivity (Wildman–Crippen MR) is 53.0 cm³/mol. The molecule has 0 radical (unpaired) electrons. The van der Waals surface area contributed by atoms with Crippen molar-refractivity contribution in [2.45, 2.75) is 24.5 Å². The van der Waals surface area contributed by atoms with Crippen LogP contribution in [0.15, 0.2) is 22.8 Å². The quantitative estimate of drug-likeness (QED) is 0.777. The topological polar surface area (TPSA) is 59.1 Å². The van der Waals surface area contributed by atoms with Gasteiger partial charge in [0.25, 0.3) is 0 Å². The lowest BCUT2D eigenvalue weighted by molar-refractivity contribution is 0.0188. The maximum absolute atomic E-state index is 9.18. The van der Waals surface area contributed by atoms with Crippen molar-refractivity contribution in [2.24, 2.45) is 5.73 Å². The van der Waals surface area contributed by atoms with E-state index in [1.54, 1.807) is 6.20 Å². The van der Waals surface area contributed by atoms with E-state index in [-0.39, 0.29) is 6.10 Å². The second-order valence-corrected chi connectivity index (χ2v) is 4.50. The summed E-state index contributed by atoms with van der Waals surface area (Å²) >= 11 is 3.31. The van der Waals surface area contributed by atoms with Crippen molar-refractivity contribution in [3.05, 3.63) is 28.5 Å². The van der Waals surface area contributed by atoms with Crippen LogP contribution in [-0.2, 0) is 5.54 Å². The van der Waals surface area contributed by atoms with Crippen molar-refractivity contribution in [3.8, 4) is 0 Å². The van der Waals surface area contributed by atoms with E-state index in [1.165, 1.54) is 0 Å². The maximum atomic E-state index is 9.18. The molecule has 0 bridgehead atoms. The van der Waals surface area contributed by atoms with Crippen LogP contribution in [0.2, 0.25) is 0 Å². The highest BCUT2D eigenvalue weighted by Gasteiger charge is 2.42. The zero-order chi connectivity index (χ0) is 9.47. The number of aromatic nitrogens is 1. The Kier molecular flexibility index (Phi) is 2.14. The average Bonchev–Trinajstić information content (AvgIpc) is 2.03. The maximum Gasteiger partial charge on any atom is 0.0633 e. The van der Waals surface area contributed by atoms with E-state index >= 15 is 0 Å². The van der Waals surface area contributed by atoms with Gasteiger partial charge in [0.1, 0.15) is 0 Å². The van der Waals surface area contributed by atoms with Crippen LogP contribution in [0.3, 0.4) is 0 Å². The van der Waals surface area contributed by atoms with E-state index < -0.39 is 5.54 Å². The van der Waals surface area contributed by atoms with Crippen LogP contribution < -0.4 is 5.73 Å². The minimum atomic E-state index is -0.403. The van der Waals surface area contributed by atoms with E-state index in [2.05, 4.69) is 20.9 Å². The van der Waals surface area contributed by atoms with Crippen LogP contribution in [0, 0.1) is 0 Å². The second kappa shape index (κ2) is 3.04. The molecule has 1 heterocycles. The van der Waals surface area contributed by atoms with Crippen LogP contribution in [-0.4, -0.2) is 16.2 Å². The first-order valence-corrected chi connectivity index (χ1v) is 4.98. The Morgan fingerprint density at radius 3 is 2.69 bits per heavy atom. The zero-order valence-electron chi connectivity index (χ0n) is 7.07. The Labute approximate surface area is 85.1 Å². The number of halogens is 1. The molecular formula is C9H11BrN2O. The Morgan fingerprint density at radius 2 is 2.23 bits per heavy atom. The van der Waals surface area contributed by atoms with Gasteiger partial charge in [0.15, 0.2) is 0 Å². The summed E-state index contributed by atoms with van der Waals surface area (Å²) in [6.07, 6.45) is 2.70. The number of nitrogens with zero attached hydrogens (tertiary/aromatic N) is 1. The van der Waals surface area contributed by atoms with Crippen LogP contribution in [0.5, 0.6) is 0 Å². The van der Waals surface area contributed by atoms with E-state index in [4.69, 9.17) is 5.73 Å². The molecule has 4 heteroatoms. The van der Waals surface area contributed by atoms with Crippen LogP contribution in [0.25, 0.3) is 0 Å². The number of rotatable bonds is 1. The van der Waals surface area contributed by atoms with E-state index in [1.807, 2.05) is 12.1 Å². The normalized spacial score (nSPS) is 32.7. The lowest BCUT2D eigenvalue weighted by Crippen LogP contribution is -2.52. The molecule has 0 spiro atoms. The van der Waals surface area contributed by atoms with Crippen LogP contribution in [0.4, 0.5) is 0 Å². The number of hydrogen-bond donors (Lipinski definition) is 2. The third-order valence-corrected chi connectivity index (χ3v) is 2.91. The summed E-state index contributed by atoms with van der Waals surface area (Å²) in [7, 11) is 0. The van der Waals surface area contributed by atoms with Gasteiger partial charge in [-0.1, -0.05) is 0 Å². The van der Waals surface area contributed by atoms with Gasteiger partial charge in [-0.15, -0.1) is 0 Å². The Balaban J connectivity index is 2.22. The summed E-state index contributed by atoms with van der Waals surface area (Å²) in [5, 5.41) is 9.18. The van der Waals surface area contributed by atoms with Crippen molar-refractivity contribution < 1.29 is 5.11 Å². The summed E-state index contributed by atoms with van der Waals surface area (Å²) < 4.78 is 0.944. The first-order chi connectivity index (χ1) is 6.10. The first-order valence-electron chi connectivity index (χ1n) is 4.19. The summed E-state index contributed by atoms with van der Waals surface area (Å²) in [4.78, 5) is 4.22. The fourth-order valence-electron chi connectivity index (χ4n) is 1.66. The number of aliphatic hydroxyl groups is 1. The molecular weight excluding hydrogens is 232 g/mol. The minimum Gasteiger partial charge on any atom is -0.393 e. The number of aliphatic hydroxyl groups excluding tert-OH is 1. The lowest BCUT2D eigenvalue weighted by atomic mass is 9.73. The molecule has 13 heavy (non-hydrogen) atoms. The molecule has 0 aromatic carbocycles. The average molecular weight is 243 g/mol. The molecule has 1 aromatic rings. The molecule has 3 N–H and O–H groups in total. The van der Waals surface area contributed by atoms with Gasteiger partial charge in [-0.25, -0.2) is 0 Å². The van der Waals surface area contributed by atoms with Gasteiger partial charge in [0.2, 0.25) is 0 Å². The molecule has 0 amide bonds. The molecule has 0 saturated heterocycles. The molecule has 2 rings (SSSR count). The summed E-state index contributed by atoms with van der Waals surface area (Å²) in [6.45, 7) is 0. The molecule has 1 aliphatic rings. The molecule has 3 nitrogen and oxygen atoms in total. The molecule has 70 valence electrons. The number of hydrogen-bond acceptors (Lipinski definition) is 3.